The van der Waals surface area contributed by atoms with E-state index in [9.17, 15) is 14.4 Å². The molecule has 0 fully saturated rings. The van der Waals surface area contributed by atoms with Crippen LogP contribution in [0, 0.1) is 13.8 Å². The second-order valence-corrected chi connectivity index (χ2v) is 7.97. The molecule has 0 aliphatic rings. The first kappa shape index (κ1) is 22.3. The molecule has 10 heteroatoms. The third-order valence-corrected chi connectivity index (χ3v) is 5.87. The fourth-order valence-corrected chi connectivity index (χ4v) is 4.42. The number of rotatable bonds is 6. The summed E-state index contributed by atoms with van der Waals surface area (Å²) in [5.74, 6) is -0.790. The number of esters is 1. The van der Waals surface area contributed by atoms with E-state index in [0.29, 0.717) is 33.2 Å². The number of hydrogen-bond donors (Lipinski definition) is 1. The summed E-state index contributed by atoms with van der Waals surface area (Å²) in [6.07, 6.45) is 1.71. The molecule has 1 N–H and O–H groups in total. The quantitative estimate of drug-likeness (QED) is 0.586. The van der Waals surface area contributed by atoms with Gasteiger partial charge >= 0.3 is 5.97 Å². The van der Waals surface area contributed by atoms with Crippen molar-refractivity contribution in [3.63, 3.8) is 0 Å². The van der Waals surface area contributed by atoms with Gasteiger partial charge in [0, 0.05) is 20.3 Å². The van der Waals surface area contributed by atoms with Crippen LogP contribution in [0.5, 0.6) is 5.75 Å². The molecule has 3 rings (SSSR count). The molecule has 2 amide bonds. The smallest absolute Gasteiger partial charge is 0.341 e. The zero-order chi connectivity index (χ0) is 22.9. The van der Waals surface area contributed by atoms with Gasteiger partial charge in [-0.1, -0.05) is 0 Å². The van der Waals surface area contributed by atoms with E-state index in [-0.39, 0.29) is 23.1 Å². The zero-order valence-corrected chi connectivity index (χ0v) is 19.0. The second kappa shape index (κ2) is 8.76. The zero-order valence-electron chi connectivity index (χ0n) is 18.2. The number of pyridine rings is 1. The average Bonchev–Trinajstić information content (AvgIpc) is 3.23. The Hall–Kier alpha value is -3.40. The highest BCUT2D eigenvalue weighted by Crippen LogP contribution is 2.35. The summed E-state index contributed by atoms with van der Waals surface area (Å²) in [5, 5.41) is 3.04. The average molecular weight is 445 g/mol. The van der Waals surface area contributed by atoms with Crippen molar-refractivity contribution < 1.29 is 23.9 Å². The second-order valence-electron chi connectivity index (χ2n) is 6.95. The molecule has 0 aliphatic heterocycles. The molecule has 0 saturated heterocycles. The predicted molar refractivity (Wildman–Crippen MR) is 117 cm³/mol. The summed E-state index contributed by atoms with van der Waals surface area (Å²) < 4.78 is 12.1. The van der Waals surface area contributed by atoms with Gasteiger partial charge < -0.3 is 19.7 Å². The van der Waals surface area contributed by atoms with E-state index in [1.54, 1.807) is 57.6 Å². The van der Waals surface area contributed by atoms with E-state index >= 15 is 0 Å². The van der Waals surface area contributed by atoms with Crippen molar-refractivity contribution in [2.45, 2.75) is 20.8 Å². The van der Waals surface area contributed by atoms with Gasteiger partial charge in [-0.25, -0.2) is 9.78 Å². The molecule has 3 aromatic rings. The van der Waals surface area contributed by atoms with Crippen molar-refractivity contribution in [1.82, 2.24) is 14.3 Å². The molecule has 0 spiro atoms. The lowest BCUT2D eigenvalue weighted by atomic mass is 10.1. The lowest BCUT2D eigenvalue weighted by molar-refractivity contribution is 0.0527. The van der Waals surface area contributed by atoms with Crippen molar-refractivity contribution in [2.75, 3.05) is 33.1 Å². The summed E-state index contributed by atoms with van der Waals surface area (Å²) >= 11 is 1.04. The highest BCUT2D eigenvalue weighted by atomic mass is 32.1. The number of fused-ring (bicyclic) bond motifs is 1. The molecule has 9 nitrogen and oxygen atoms in total. The van der Waals surface area contributed by atoms with E-state index < -0.39 is 11.9 Å². The molecule has 0 aromatic carbocycles. The number of nitrogens with zero attached hydrogens (tertiary/aromatic N) is 3. The van der Waals surface area contributed by atoms with Gasteiger partial charge in [-0.05, 0) is 38.5 Å². The Morgan fingerprint density at radius 2 is 1.97 bits per heavy atom. The number of aromatic nitrogens is 2. The number of ether oxygens (including phenoxy) is 2. The van der Waals surface area contributed by atoms with E-state index in [1.807, 2.05) is 0 Å². The minimum absolute atomic E-state index is 0.171. The summed E-state index contributed by atoms with van der Waals surface area (Å²) in [6.45, 7) is 5.25. The Morgan fingerprint density at radius 3 is 2.58 bits per heavy atom. The number of thiophene rings is 1. The van der Waals surface area contributed by atoms with Crippen molar-refractivity contribution in [1.29, 1.82) is 0 Å². The van der Waals surface area contributed by atoms with Gasteiger partial charge in [0.2, 0.25) is 0 Å². The van der Waals surface area contributed by atoms with E-state index in [1.165, 1.54) is 12.0 Å². The van der Waals surface area contributed by atoms with Gasteiger partial charge in [0.25, 0.3) is 11.8 Å². The first-order valence-electron chi connectivity index (χ1n) is 9.56. The first-order valence-corrected chi connectivity index (χ1v) is 10.4. The highest BCUT2D eigenvalue weighted by molar-refractivity contribution is 7.18. The maximum Gasteiger partial charge on any atom is 0.341 e. The molecule has 0 bridgehead atoms. The Labute approximate surface area is 183 Å². The van der Waals surface area contributed by atoms with Gasteiger partial charge in [0.1, 0.15) is 10.7 Å². The van der Waals surface area contributed by atoms with Crippen LogP contribution in [0.3, 0.4) is 0 Å². The Bertz CT molecular complexity index is 1180. The van der Waals surface area contributed by atoms with E-state index in [2.05, 4.69) is 10.3 Å². The van der Waals surface area contributed by atoms with Crippen LogP contribution in [0.2, 0.25) is 0 Å². The summed E-state index contributed by atoms with van der Waals surface area (Å²) in [4.78, 5) is 44.6. The SMILES string of the molecule is CCOC(=O)c1c(NC(=O)c2c(C)nc3c(OC)cccn23)sc(C(=O)N(C)C)c1C. The molecule has 0 aliphatic carbocycles. The number of hydrogen-bond acceptors (Lipinski definition) is 7. The van der Waals surface area contributed by atoms with Crippen LogP contribution in [0.4, 0.5) is 5.00 Å². The molecule has 3 aromatic heterocycles. The van der Waals surface area contributed by atoms with Gasteiger partial charge in [0.05, 0.1) is 29.9 Å². The van der Waals surface area contributed by atoms with Crippen LogP contribution < -0.4 is 10.1 Å². The number of carbonyl (C=O) groups excluding carboxylic acids is 3. The van der Waals surface area contributed by atoms with E-state index in [0.717, 1.165) is 11.3 Å². The number of methoxy groups -OCH3 is 1. The van der Waals surface area contributed by atoms with Gasteiger partial charge in [-0.15, -0.1) is 11.3 Å². The molecule has 0 atom stereocenters. The van der Waals surface area contributed by atoms with Gasteiger partial charge in [0.15, 0.2) is 11.4 Å². The third kappa shape index (κ3) is 3.98. The molecule has 0 saturated carbocycles. The van der Waals surface area contributed by atoms with E-state index in [4.69, 9.17) is 9.47 Å². The lowest BCUT2D eigenvalue weighted by Gasteiger charge is -2.09. The molecule has 164 valence electrons. The Morgan fingerprint density at radius 1 is 1.26 bits per heavy atom. The summed E-state index contributed by atoms with van der Waals surface area (Å²) in [5.41, 5.74) is 1.94. The summed E-state index contributed by atoms with van der Waals surface area (Å²) in [6, 6.07) is 3.50. The first-order chi connectivity index (χ1) is 14.7. The minimum Gasteiger partial charge on any atom is -0.493 e. The Balaban J connectivity index is 2.08. The fraction of sp³-hybridized carbons (Fsp3) is 0.333. The number of nitrogens with one attached hydrogen (secondary N) is 1. The Kier molecular flexibility index (Phi) is 6.30. The van der Waals surface area contributed by atoms with Crippen LogP contribution in [-0.2, 0) is 4.74 Å². The topological polar surface area (TPSA) is 102 Å². The van der Waals surface area contributed by atoms with Crippen LogP contribution >= 0.6 is 11.3 Å². The lowest BCUT2D eigenvalue weighted by Crippen LogP contribution is -2.21. The largest absolute Gasteiger partial charge is 0.493 e. The molecule has 0 radical (unpaired) electrons. The van der Waals surface area contributed by atoms with Crippen molar-refractivity contribution in [2.24, 2.45) is 0 Å². The normalized spacial score (nSPS) is 10.8. The van der Waals surface area contributed by atoms with Crippen molar-refractivity contribution in [3.05, 3.63) is 45.7 Å². The number of imidazole rings is 1. The maximum atomic E-state index is 13.2. The third-order valence-electron chi connectivity index (χ3n) is 4.68. The molecule has 3 heterocycles. The summed E-state index contributed by atoms with van der Waals surface area (Å²) in [7, 11) is 4.78. The van der Waals surface area contributed by atoms with Crippen molar-refractivity contribution in [3.8, 4) is 5.75 Å². The van der Waals surface area contributed by atoms with Crippen LogP contribution in [-0.4, -0.2) is 59.9 Å². The fourth-order valence-electron chi connectivity index (χ4n) is 3.21. The molecular formula is C21H24N4O5S. The van der Waals surface area contributed by atoms with Crippen LogP contribution in [0.25, 0.3) is 5.65 Å². The number of carbonyl (C=O) groups is 3. The maximum absolute atomic E-state index is 13.2. The molecular weight excluding hydrogens is 420 g/mol. The predicted octanol–water partition coefficient (Wildman–Crippen LogP) is 3.15. The number of anilines is 1. The van der Waals surface area contributed by atoms with Crippen molar-refractivity contribution >= 4 is 39.8 Å². The van der Waals surface area contributed by atoms with Crippen LogP contribution in [0.15, 0.2) is 18.3 Å². The van der Waals surface area contributed by atoms with Gasteiger partial charge in [-0.3, -0.25) is 14.0 Å². The monoisotopic (exact) mass is 444 g/mol. The number of amides is 2. The van der Waals surface area contributed by atoms with Gasteiger partial charge in [-0.2, -0.15) is 0 Å². The minimum atomic E-state index is -0.596. The molecule has 31 heavy (non-hydrogen) atoms. The highest BCUT2D eigenvalue weighted by Gasteiger charge is 2.28. The number of aryl methyl sites for hydroxylation is 1. The van der Waals surface area contributed by atoms with Crippen LogP contribution in [0.1, 0.15) is 48.7 Å². The molecule has 0 unspecified atom stereocenters. The standard InChI is InChI=1S/C21H24N4O5S/c1-7-30-21(28)14-11(2)16(20(27)24(4)5)31-19(14)23-18(26)15-12(3)22-17-13(29-6)9-8-10-25(15)17/h8-10H,7H2,1-6H3,(H,23,26).